The Morgan fingerprint density at radius 3 is 2.74 bits per heavy atom. The molecule has 0 aromatic carbocycles. The summed E-state index contributed by atoms with van der Waals surface area (Å²) in [4.78, 5) is 11.2. The number of aliphatic hydroxyl groups is 1. The normalized spacial score (nSPS) is 10.5. The number of hydrogen-bond donors (Lipinski definition) is 2. The molecule has 0 spiro atoms. The van der Waals surface area contributed by atoms with Crippen LogP contribution in [0.5, 0.6) is 0 Å². The first-order chi connectivity index (χ1) is 9.24. The Bertz CT molecular complexity index is 376. The van der Waals surface area contributed by atoms with E-state index in [4.69, 9.17) is 5.11 Å². The minimum Gasteiger partial charge on any atom is -0.396 e. The van der Waals surface area contributed by atoms with E-state index in [0.29, 0.717) is 0 Å². The molecule has 0 saturated carbocycles. The predicted molar refractivity (Wildman–Crippen MR) is 82.2 cm³/mol. The smallest absolute Gasteiger partial charge is 0.191 e. The maximum atomic E-state index is 8.95. The van der Waals surface area contributed by atoms with Crippen LogP contribution in [0.25, 0.3) is 0 Å². The molecule has 1 aromatic heterocycles. The molecular weight excluding hydrogens is 260 g/mol. The lowest BCUT2D eigenvalue weighted by atomic mass is 10.3. The van der Waals surface area contributed by atoms with Crippen molar-refractivity contribution in [2.45, 2.75) is 31.8 Å². The standard InChI is InChI=1S/C13H24N4OS/c1-4-7-14-11-10-12(16-13(15-11)19-3)17(5-2)8-6-9-18/h10,18H,4-9H2,1-3H3,(H,14,15,16). The molecule has 1 rings (SSSR count). The van der Waals surface area contributed by atoms with Gasteiger partial charge in [-0.3, -0.25) is 0 Å². The number of nitrogens with one attached hydrogen (secondary N) is 1. The van der Waals surface area contributed by atoms with Crippen molar-refractivity contribution in [3.05, 3.63) is 6.07 Å². The van der Waals surface area contributed by atoms with Crippen LogP contribution in [0.1, 0.15) is 26.7 Å². The van der Waals surface area contributed by atoms with Crippen LogP contribution in [0.15, 0.2) is 11.2 Å². The Morgan fingerprint density at radius 2 is 2.16 bits per heavy atom. The highest BCUT2D eigenvalue weighted by molar-refractivity contribution is 7.98. The molecule has 6 heteroatoms. The third kappa shape index (κ3) is 5.24. The van der Waals surface area contributed by atoms with E-state index < -0.39 is 0 Å². The van der Waals surface area contributed by atoms with Crippen molar-refractivity contribution in [3.8, 4) is 0 Å². The number of hydrogen-bond acceptors (Lipinski definition) is 6. The molecule has 0 saturated heterocycles. The maximum absolute atomic E-state index is 8.95. The zero-order valence-corrected chi connectivity index (χ0v) is 12.8. The topological polar surface area (TPSA) is 61.3 Å². The predicted octanol–water partition coefficient (Wildman–Crippen LogP) is 2.23. The molecule has 0 unspecified atom stereocenters. The summed E-state index contributed by atoms with van der Waals surface area (Å²) in [6.07, 6.45) is 3.80. The third-order valence-electron chi connectivity index (χ3n) is 2.72. The van der Waals surface area contributed by atoms with Crippen LogP contribution >= 0.6 is 11.8 Å². The molecule has 2 N–H and O–H groups in total. The fraction of sp³-hybridized carbons (Fsp3) is 0.692. The van der Waals surface area contributed by atoms with E-state index in [9.17, 15) is 0 Å². The van der Waals surface area contributed by atoms with Gasteiger partial charge in [0.25, 0.3) is 0 Å². The summed E-state index contributed by atoms with van der Waals surface area (Å²) >= 11 is 1.54. The monoisotopic (exact) mass is 284 g/mol. The second kappa shape index (κ2) is 8.98. The van der Waals surface area contributed by atoms with Crippen LogP contribution in [-0.4, -0.2) is 47.6 Å². The molecule has 0 aliphatic heterocycles. The van der Waals surface area contributed by atoms with Crippen molar-refractivity contribution in [1.29, 1.82) is 0 Å². The number of rotatable bonds is 9. The van der Waals surface area contributed by atoms with Gasteiger partial charge in [0.05, 0.1) is 0 Å². The van der Waals surface area contributed by atoms with Crippen LogP contribution in [0.2, 0.25) is 0 Å². The van der Waals surface area contributed by atoms with Crippen LogP contribution in [-0.2, 0) is 0 Å². The second-order valence-corrected chi connectivity index (χ2v) is 4.96. The first-order valence-corrected chi connectivity index (χ1v) is 8.00. The van der Waals surface area contributed by atoms with Gasteiger partial charge in [-0.05, 0) is 26.0 Å². The van der Waals surface area contributed by atoms with Gasteiger partial charge in [-0.2, -0.15) is 0 Å². The molecule has 19 heavy (non-hydrogen) atoms. The van der Waals surface area contributed by atoms with Gasteiger partial charge in [0, 0.05) is 32.3 Å². The fourth-order valence-electron chi connectivity index (χ4n) is 1.71. The van der Waals surface area contributed by atoms with E-state index in [1.54, 1.807) is 11.8 Å². The quantitative estimate of drug-likeness (QED) is 0.535. The van der Waals surface area contributed by atoms with Crippen molar-refractivity contribution in [1.82, 2.24) is 9.97 Å². The van der Waals surface area contributed by atoms with E-state index in [-0.39, 0.29) is 6.61 Å². The fourth-order valence-corrected chi connectivity index (χ4v) is 2.08. The minimum atomic E-state index is 0.206. The first kappa shape index (κ1) is 16.0. The molecule has 0 amide bonds. The first-order valence-electron chi connectivity index (χ1n) is 6.77. The van der Waals surface area contributed by atoms with Gasteiger partial charge in [0.2, 0.25) is 0 Å². The van der Waals surface area contributed by atoms with Gasteiger partial charge in [0.1, 0.15) is 11.6 Å². The molecule has 0 fully saturated rings. The van der Waals surface area contributed by atoms with E-state index in [0.717, 1.165) is 49.3 Å². The van der Waals surface area contributed by atoms with E-state index in [1.807, 2.05) is 12.3 Å². The molecule has 0 aliphatic carbocycles. The Labute approximate surface area is 119 Å². The van der Waals surface area contributed by atoms with Crippen LogP contribution in [0, 0.1) is 0 Å². The Morgan fingerprint density at radius 1 is 1.37 bits per heavy atom. The van der Waals surface area contributed by atoms with Gasteiger partial charge in [0.15, 0.2) is 5.16 Å². The molecular formula is C13H24N4OS. The number of thioether (sulfide) groups is 1. The largest absolute Gasteiger partial charge is 0.396 e. The molecule has 0 radical (unpaired) electrons. The Balaban J connectivity index is 2.89. The zero-order valence-electron chi connectivity index (χ0n) is 12.0. The van der Waals surface area contributed by atoms with Crippen molar-refractivity contribution in [2.75, 3.05) is 42.7 Å². The van der Waals surface area contributed by atoms with E-state index in [2.05, 4.69) is 34.0 Å². The van der Waals surface area contributed by atoms with E-state index >= 15 is 0 Å². The summed E-state index contributed by atoms with van der Waals surface area (Å²) in [6, 6.07) is 1.98. The van der Waals surface area contributed by atoms with Crippen molar-refractivity contribution >= 4 is 23.4 Å². The molecule has 0 atom stereocenters. The number of aromatic nitrogens is 2. The number of aliphatic hydroxyl groups excluding tert-OH is 1. The number of nitrogens with zero attached hydrogens (tertiary/aromatic N) is 3. The van der Waals surface area contributed by atoms with Gasteiger partial charge < -0.3 is 15.3 Å². The van der Waals surface area contributed by atoms with Gasteiger partial charge in [-0.1, -0.05) is 18.7 Å². The highest BCUT2D eigenvalue weighted by atomic mass is 32.2. The second-order valence-electron chi connectivity index (χ2n) is 4.18. The van der Waals surface area contributed by atoms with Crippen LogP contribution in [0.4, 0.5) is 11.6 Å². The average molecular weight is 284 g/mol. The van der Waals surface area contributed by atoms with Crippen molar-refractivity contribution in [2.24, 2.45) is 0 Å². The number of anilines is 2. The lowest BCUT2D eigenvalue weighted by Gasteiger charge is -2.22. The summed E-state index contributed by atoms with van der Waals surface area (Å²) in [7, 11) is 0. The van der Waals surface area contributed by atoms with Gasteiger partial charge in [-0.25, -0.2) is 9.97 Å². The molecule has 5 nitrogen and oxygen atoms in total. The SMILES string of the molecule is CCCNc1cc(N(CC)CCCO)nc(SC)n1. The van der Waals surface area contributed by atoms with Crippen LogP contribution < -0.4 is 10.2 Å². The molecule has 0 bridgehead atoms. The van der Waals surface area contributed by atoms with Crippen molar-refractivity contribution in [3.63, 3.8) is 0 Å². The highest BCUT2D eigenvalue weighted by Gasteiger charge is 2.09. The summed E-state index contributed by atoms with van der Waals surface area (Å²) in [6.45, 7) is 7.02. The van der Waals surface area contributed by atoms with Gasteiger partial charge >= 0.3 is 0 Å². The van der Waals surface area contributed by atoms with Gasteiger partial charge in [-0.15, -0.1) is 0 Å². The minimum absolute atomic E-state index is 0.206. The highest BCUT2D eigenvalue weighted by Crippen LogP contribution is 2.20. The van der Waals surface area contributed by atoms with Crippen LogP contribution in [0.3, 0.4) is 0 Å². The summed E-state index contributed by atoms with van der Waals surface area (Å²) in [5, 5.41) is 13.0. The Hall–Kier alpha value is -1.01. The molecule has 1 heterocycles. The maximum Gasteiger partial charge on any atom is 0.191 e. The average Bonchev–Trinajstić information content (AvgIpc) is 2.45. The lowest BCUT2D eigenvalue weighted by molar-refractivity contribution is 0.289. The zero-order chi connectivity index (χ0) is 14.1. The van der Waals surface area contributed by atoms with E-state index in [1.165, 1.54) is 0 Å². The molecule has 108 valence electrons. The van der Waals surface area contributed by atoms with Crippen molar-refractivity contribution < 1.29 is 5.11 Å². The third-order valence-corrected chi connectivity index (χ3v) is 3.27. The summed E-state index contributed by atoms with van der Waals surface area (Å²) in [5.41, 5.74) is 0. The Kier molecular flexibility index (Phi) is 7.59. The molecule has 0 aliphatic rings. The lowest BCUT2D eigenvalue weighted by Crippen LogP contribution is -2.26. The summed E-state index contributed by atoms with van der Waals surface area (Å²) in [5.74, 6) is 1.80. The summed E-state index contributed by atoms with van der Waals surface area (Å²) < 4.78 is 0. The molecule has 1 aromatic rings.